The number of anilines is 1. The molecule has 1 saturated heterocycles. The lowest BCUT2D eigenvalue weighted by Crippen LogP contribution is -2.74. The number of piperazine rings is 1. The minimum Gasteiger partial charge on any atom is -0.489 e. The van der Waals surface area contributed by atoms with Crippen molar-refractivity contribution in [2.24, 2.45) is 10.8 Å². The molecule has 0 radical (unpaired) electrons. The summed E-state index contributed by atoms with van der Waals surface area (Å²) >= 11 is 6.27. The molecule has 2 heterocycles. The first kappa shape index (κ1) is 33.1. The number of amides is 1. The number of nitrogens with zero attached hydrogens (tertiary/aromatic N) is 4. The molecule has 0 unspecified atom stereocenters. The highest BCUT2D eigenvalue weighted by Gasteiger charge is 2.67. The molecule has 3 aliphatic rings. The summed E-state index contributed by atoms with van der Waals surface area (Å²) in [7, 11) is 0. The van der Waals surface area contributed by atoms with Gasteiger partial charge in [0.1, 0.15) is 30.1 Å². The number of hydrogen-bond donors (Lipinski definition) is 0. The van der Waals surface area contributed by atoms with E-state index in [0.717, 1.165) is 49.5 Å². The van der Waals surface area contributed by atoms with E-state index in [1.54, 1.807) is 18.2 Å². The van der Waals surface area contributed by atoms with Crippen molar-refractivity contribution in [3.8, 4) is 11.8 Å². The number of esters is 1. The average molecular weight is 637 g/mol. The Morgan fingerprint density at radius 3 is 2.36 bits per heavy atom. The van der Waals surface area contributed by atoms with Crippen LogP contribution in [0.25, 0.3) is 0 Å². The Hall–Kier alpha value is -3.32. The maximum atomic E-state index is 13.7. The van der Waals surface area contributed by atoms with Crippen LogP contribution in [0.5, 0.6) is 5.75 Å². The van der Waals surface area contributed by atoms with Gasteiger partial charge < -0.3 is 24.0 Å². The number of hydrogen-bond acceptors (Lipinski definition) is 8. The van der Waals surface area contributed by atoms with Crippen molar-refractivity contribution < 1.29 is 23.8 Å². The normalized spacial score (nSPS) is 22.4. The maximum Gasteiger partial charge on any atom is 0.332 e. The first-order valence-electron chi connectivity index (χ1n) is 15.7. The lowest BCUT2D eigenvalue weighted by atomic mass is 9.49. The first-order chi connectivity index (χ1) is 21.1. The van der Waals surface area contributed by atoms with Crippen LogP contribution >= 0.6 is 11.6 Å². The molecule has 1 amide bonds. The fourth-order valence-electron chi connectivity index (χ4n) is 7.70. The zero-order valence-corrected chi connectivity index (χ0v) is 28.2. The number of carbonyl (C=O) groups is 2. The largest absolute Gasteiger partial charge is 0.489 e. The third-order valence-corrected chi connectivity index (χ3v) is 9.55. The minimum absolute atomic E-state index is 0.0201. The van der Waals surface area contributed by atoms with Crippen molar-refractivity contribution in [1.82, 2.24) is 9.80 Å². The molecule has 1 saturated carbocycles. The molecule has 1 aliphatic carbocycles. The Bertz CT molecular complexity index is 1470. The summed E-state index contributed by atoms with van der Waals surface area (Å²) in [5.74, 6) is 0.350. The fourth-order valence-corrected chi connectivity index (χ4v) is 7.91. The fraction of sp³-hybridized carbons (Fsp3) is 0.571. The summed E-state index contributed by atoms with van der Waals surface area (Å²) < 4.78 is 17.3. The van der Waals surface area contributed by atoms with Crippen molar-refractivity contribution in [2.75, 3.05) is 50.8 Å². The highest BCUT2D eigenvalue weighted by molar-refractivity contribution is 6.31. The number of halogens is 1. The summed E-state index contributed by atoms with van der Waals surface area (Å²) in [6, 6.07) is 13.4. The minimum atomic E-state index is -0.508. The molecular formula is C35H45ClN4O5. The van der Waals surface area contributed by atoms with Crippen LogP contribution in [0.15, 0.2) is 36.4 Å². The van der Waals surface area contributed by atoms with Crippen LogP contribution in [-0.4, -0.2) is 85.4 Å². The summed E-state index contributed by atoms with van der Waals surface area (Å²) in [4.78, 5) is 32.3. The molecule has 0 aromatic heterocycles. The molecule has 0 N–H and O–H groups in total. The van der Waals surface area contributed by atoms with Gasteiger partial charge in [-0.15, -0.1) is 0 Å². The van der Waals surface area contributed by atoms with Gasteiger partial charge in [-0.05, 0) is 56.7 Å². The van der Waals surface area contributed by atoms with Gasteiger partial charge in [0, 0.05) is 73.5 Å². The van der Waals surface area contributed by atoms with Crippen molar-refractivity contribution >= 4 is 29.2 Å². The van der Waals surface area contributed by atoms with Crippen LogP contribution < -0.4 is 9.64 Å². The second-order valence-corrected chi connectivity index (χ2v) is 14.9. The third kappa shape index (κ3) is 6.79. The Balaban J connectivity index is 1.16. The van der Waals surface area contributed by atoms with Gasteiger partial charge in [-0.2, -0.15) is 5.26 Å². The average Bonchev–Trinajstić information content (AvgIpc) is 3.27. The Morgan fingerprint density at radius 2 is 1.73 bits per heavy atom. The molecule has 5 rings (SSSR count). The van der Waals surface area contributed by atoms with Crippen LogP contribution in [-0.2, 0) is 20.8 Å². The number of carbonyl (C=O) groups excluding carboxylic acids is 2. The molecule has 2 fully saturated rings. The number of fused-ring (bicyclic) bond motifs is 1. The predicted octanol–water partition coefficient (Wildman–Crippen LogP) is 5.53. The van der Waals surface area contributed by atoms with E-state index in [1.165, 1.54) is 0 Å². The molecule has 45 heavy (non-hydrogen) atoms. The standard InChI is InChI=1S/C35H45ClN4O5/c1-33(2,3)45-29(41)22-43-17-16-38-12-14-39(15-13-38)25-9-11-27-24(18-25)21-40(30(27)42)31-34(4,5)32(35(31,6)7)44-26-10-8-23(20-37)28(36)19-26/h8-11,18-19,31-32H,12-17,21-22H2,1-7H3. The van der Waals surface area contributed by atoms with E-state index in [-0.39, 0.29) is 41.5 Å². The van der Waals surface area contributed by atoms with Gasteiger partial charge in [0.15, 0.2) is 0 Å². The van der Waals surface area contributed by atoms with E-state index in [2.05, 4.69) is 55.7 Å². The number of rotatable bonds is 9. The summed E-state index contributed by atoms with van der Waals surface area (Å²) in [6.07, 6.45) is -0.148. The highest BCUT2D eigenvalue weighted by atomic mass is 35.5. The van der Waals surface area contributed by atoms with E-state index in [4.69, 9.17) is 25.8 Å². The highest BCUT2D eigenvalue weighted by Crippen LogP contribution is 2.59. The van der Waals surface area contributed by atoms with Crippen LogP contribution in [0.1, 0.15) is 70.0 Å². The number of ether oxygens (including phenoxy) is 3. The molecule has 0 spiro atoms. The van der Waals surface area contributed by atoms with Gasteiger partial charge in [-0.1, -0.05) is 39.3 Å². The Morgan fingerprint density at radius 1 is 1.04 bits per heavy atom. The Labute approximate surface area is 272 Å². The smallest absolute Gasteiger partial charge is 0.332 e. The van der Waals surface area contributed by atoms with Gasteiger partial charge in [-0.3, -0.25) is 9.69 Å². The topological polar surface area (TPSA) is 95.3 Å². The molecule has 10 heteroatoms. The predicted molar refractivity (Wildman–Crippen MR) is 174 cm³/mol. The van der Waals surface area contributed by atoms with E-state index in [0.29, 0.717) is 29.5 Å². The zero-order valence-electron chi connectivity index (χ0n) is 27.5. The van der Waals surface area contributed by atoms with E-state index in [9.17, 15) is 14.9 Å². The van der Waals surface area contributed by atoms with Crippen molar-refractivity contribution in [1.29, 1.82) is 5.26 Å². The molecule has 2 aromatic carbocycles. The van der Waals surface area contributed by atoms with Crippen LogP contribution in [0.3, 0.4) is 0 Å². The van der Waals surface area contributed by atoms with E-state index < -0.39 is 5.60 Å². The summed E-state index contributed by atoms with van der Waals surface area (Å²) in [5, 5.41) is 9.58. The van der Waals surface area contributed by atoms with Gasteiger partial charge in [-0.25, -0.2) is 4.79 Å². The molecule has 2 aromatic rings. The quantitative estimate of drug-likeness (QED) is 0.262. The van der Waals surface area contributed by atoms with Crippen molar-refractivity contribution in [3.63, 3.8) is 0 Å². The van der Waals surface area contributed by atoms with E-state index >= 15 is 0 Å². The molecule has 0 bridgehead atoms. The van der Waals surface area contributed by atoms with Gasteiger partial charge in [0.25, 0.3) is 5.91 Å². The van der Waals surface area contributed by atoms with E-state index in [1.807, 2.05) is 31.7 Å². The second kappa shape index (κ2) is 12.5. The molecule has 0 atom stereocenters. The zero-order chi connectivity index (χ0) is 32.7. The van der Waals surface area contributed by atoms with Crippen LogP contribution in [0.2, 0.25) is 5.02 Å². The third-order valence-electron chi connectivity index (χ3n) is 9.24. The summed E-state index contributed by atoms with van der Waals surface area (Å²) in [6.45, 7) is 19.5. The maximum absolute atomic E-state index is 13.7. The monoisotopic (exact) mass is 636 g/mol. The first-order valence-corrected chi connectivity index (χ1v) is 16.1. The van der Waals surface area contributed by atoms with Crippen molar-refractivity contribution in [3.05, 3.63) is 58.1 Å². The second-order valence-electron chi connectivity index (χ2n) is 14.5. The Kier molecular flexibility index (Phi) is 9.16. The van der Waals surface area contributed by atoms with Crippen LogP contribution in [0.4, 0.5) is 5.69 Å². The molecule has 242 valence electrons. The number of nitriles is 1. The van der Waals surface area contributed by atoms with Gasteiger partial charge in [0.2, 0.25) is 0 Å². The summed E-state index contributed by atoms with van der Waals surface area (Å²) in [5.41, 5.74) is 2.26. The van der Waals surface area contributed by atoms with Crippen LogP contribution in [0, 0.1) is 22.2 Å². The molecular weight excluding hydrogens is 592 g/mol. The van der Waals surface area contributed by atoms with Crippen molar-refractivity contribution in [2.45, 2.75) is 72.8 Å². The SMILES string of the molecule is CC(C)(C)OC(=O)COCCN1CCN(c2ccc3c(c2)CN(C2C(C)(C)C(Oc4ccc(C#N)c(Cl)c4)C2(C)C)C3=O)CC1. The van der Waals surface area contributed by atoms with Gasteiger partial charge in [0.05, 0.1) is 17.2 Å². The lowest BCUT2D eigenvalue weighted by molar-refractivity contribution is -0.199. The molecule has 2 aliphatic heterocycles. The molecule has 9 nitrogen and oxygen atoms in total. The number of benzene rings is 2. The lowest BCUT2D eigenvalue weighted by Gasteiger charge is -2.65. The van der Waals surface area contributed by atoms with Gasteiger partial charge >= 0.3 is 5.97 Å².